The number of benzene rings is 1. The molecule has 1 aromatic heterocycles. The fraction of sp³-hybridized carbons (Fsp3) is 0.316. The van der Waals surface area contributed by atoms with Crippen LogP contribution in [-0.2, 0) is 16.1 Å². The summed E-state index contributed by atoms with van der Waals surface area (Å²) in [6, 6.07) is 9.54. The van der Waals surface area contributed by atoms with Gasteiger partial charge in [-0.25, -0.2) is 9.78 Å². The summed E-state index contributed by atoms with van der Waals surface area (Å²) in [5.74, 6) is -1.05. The number of carbonyl (C=O) groups is 2. The molecular formula is C19H22ClN3O3. The number of aromatic nitrogens is 1. The molecule has 0 bridgehead atoms. The zero-order valence-electron chi connectivity index (χ0n) is 15.3. The SMILES string of the molecule is Cc1cc(C)c(C(=O)OCC(=O)NCc2ccc(N(C)C)cc2)c(Cl)n1. The van der Waals surface area contributed by atoms with Crippen LogP contribution in [0.2, 0.25) is 5.15 Å². The molecule has 0 spiro atoms. The largest absolute Gasteiger partial charge is 0.452 e. The summed E-state index contributed by atoms with van der Waals surface area (Å²) in [6.07, 6.45) is 0. The average Bonchev–Trinajstić information content (AvgIpc) is 2.57. The molecule has 2 rings (SSSR count). The van der Waals surface area contributed by atoms with Crippen LogP contribution in [0.4, 0.5) is 5.69 Å². The summed E-state index contributed by atoms with van der Waals surface area (Å²) >= 11 is 6.01. The lowest BCUT2D eigenvalue weighted by molar-refractivity contribution is -0.124. The van der Waals surface area contributed by atoms with Crippen LogP contribution in [0.3, 0.4) is 0 Å². The molecule has 0 radical (unpaired) electrons. The second-order valence-corrected chi connectivity index (χ2v) is 6.52. The zero-order chi connectivity index (χ0) is 19.3. The third-order valence-electron chi connectivity index (χ3n) is 3.78. The number of hydrogen-bond acceptors (Lipinski definition) is 5. The lowest BCUT2D eigenvalue weighted by Gasteiger charge is -2.13. The minimum atomic E-state index is -0.662. The maximum atomic E-state index is 12.1. The van der Waals surface area contributed by atoms with Crippen LogP contribution in [0.15, 0.2) is 30.3 Å². The summed E-state index contributed by atoms with van der Waals surface area (Å²) in [4.78, 5) is 30.1. The van der Waals surface area contributed by atoms with Gasteiger partial charge in [0.15, 0.2) is 6.61 Å². The van der Waals surface area contributed by atoms with Gasteiger partial charge in [-0.2, -0.15) is 0 Å². The summed E-state index contributed by atoms with van der Waals surface area (Å²) in [6.45, 7) is 3.51. The first-order valence-corrected chi connectivity index (χ1v) is 8.49. The van der Waals surface area contributed by atoms with E-state index in [1.54, 1.807) is 19.9 Å². The predicted octanol–water partition coefficient (Wildman–Crippen LogP) is 2.89. The van der Waals surface area contributed by atoms with Gasteiger partial charge < -0.3 is 15.0 Å². The van der Waals surface area contributed by atoms with Gasteiger partial charge in [-0.05, 0) is 43.2 Å². The summed E-state index contributed by atoms with van der Waals surface area (Å²) < 4.78 is 5.05. The number of nitrogens with zero attached hydrogens (tertiary/aromatic N) is 2. The Kier molecular flexibility index (Phi) is 6.58. The number of halogens is 1. The lowest BCUT2D eigenvalue weighted by atomic mass is 10.1. The van der Waals surface area contributed by atoms with Gasteiger partial charge >= 0.3 is 5.97 Å². The Balaban J connectivity index is 1.86. The third-order valence-corrected chi connectivity index (χ3v) is 4.05. The van der Waals surface area contributed by atoms with Crippen molar-refractivity contribution >= 4 is 29.2 Å². The highest BCUT2D eigenvalue weighted by molar-refractivity contribution is 6.32. The van der Waals surface area contributed by atoms with Crippen LogP contribution in [-0.4, -0.2) is 37.6 Å². The first-order chi connectivity index (χ1) is 12.3. The first-order valence-electron chi connectivity index (χ1n) is 8.11. The molecule has 7 heteroatoms. The Morgan fingerprint density at radius 1 is 1.19 bits per heavy atom. The van der Waals surface area contributed by atoms with Gasteiger partial charge in [0.2, 0.25) is 0 Å². The number of nitrogens with one attached hydrogen (secondary N) is 1. The van der Waals surface area contributed by atoms with E-state index in [1.807, 2.05) is 43.3 Å². The van der Waals surface area contributed by atoms with E-state index >= 15 is 0 Å². The lowest BCUT2D eigenvalue weighted by Crippen LogP contribution is -2.28. The third kappa shape index (κ3) is 5.20. The standard InChI is InChI=1S/C19H22ClN3O3/c1-12-9-13(2)22-18(20)17(12)19(25)26-11-16(24)21-10-14-5-7-15(8-6-14)23(3)4/h5-9H,10-11H2,1-4H3,(H,21,24). The predicted molar refractivity (Wildman–Crippen MR) is 102 cm³/mol. The van der Waals surface area contributed by atoms with E-state index in [4.69, 9.17) is 16.3 Å². The van der Waals surface area contributed by atoms with Gasteiger partial charge in [0, 0.05) is 32.0 Å². The van der Waals surface area contributed by atoms with Gasteiger partial charge in [0.1, 0.15) is 5.15 Å². The van der Waals surface area contributed by atoms with E-state index in [0.29, 0.717) is 17.8 Å². The zero-order valence-corrected chi connectivity index (χ0v) is 16.1. The molecule has 1 aromatic carbocycles. The van der Waals surface area contributed by atoms with Crippen LogP contribution in [0.1, 0.15) is 27.2 Å². The van der Waals surface area contributed by atoms with Crippen LogP contribution in [0.25, 0.3) is 0 Å². The molecule has 6 nitrogen and oxygen atoms in total. The average molecular weight is 376 g/mol. The van der Waals surface area contributed by atoms with E-state index in [0.717, 1.165) is 11.3 Å². The van der Waals surface area contributed by atoms with E-state index in [1.165, 1.54) is 0 Å². The number of amides is 1. The van der Waals surface area contributed by atoms with Gasteiger partial charge in [-0.1, -0.05) is 23.7 Å². The number of carbonyl (C=O) groups excluding carboxylic acids is 2. The second kappa shape index (κ2) is 8.67. The molecule has 138 valence electrons. The van der Waals surface area contributed by atoms with Gasteiger partial charge in [0.25, 0.3) is 5.91 Å². The molecule has 0 unspecified atom stereocenters. The Morgan fingerprint density at radius 3 is 2.42 bits per heavy atom. The van der Waals surface area contributed by atoms with Crippen LogP contribution < -0.4 is 10.2 Å². The molecule has 0 aliphatic rings. The molecule has 0 atom stereocenters. The van der Waals surface area contributed by atoms with E-state index < -0.39 is 5.97 Å². The molecule has 0 saturated carbocycles. The van der Waals surface area contributed by atoms with Crippen molar-refractivity contribution in [3.8, 4) is 0 Å². The highest BCUT2D eigenvalue weighted by Gasteiger charge is 2.18. The number of anilines is 1. The van der Waals surface area contributed by atoms with Gasteiger partial charge in [-0.3, -0.25) is 4.79 Å². The summed E-state index contributed by atoms with van der Waals surface area (Å²) in [5.41, 5.74) is 3.59. The van der Waals surface area contributed by atoms with Gasteiger partial charge in [-0.15, -0.1) is 0 Å². The molecule has 0 aliphatic heterocycles. The molecule has 0 aliphatic carbocycles. The Labute approximate surface area is 158 Å². The number of aryl methyl sites for hydroxylation is 2. The first kappa shape index (κ1) is 19.7. The molecule has 1 heterocycles. The molecular weight excluding hydrogens is 354 g/mol. The maximum absolute atomic E-state index is 12.1. The molecule has 1 amide bonds. The number of esters is 1. The number of hydrogen-bond donors (Lipinski definition) is 1. The van der Waals surface area contributed by atoms with Crippen molar-refractivity contribution in [3.63, 3.8) is 0 Å². The highest BCUT2D eigenvalue weighted by atomic mass is 35.5. The number of pyridine rings is 1. The van der Waals surface area contributed by atoms with Crippen LogP contribution >= 0.6 is 11.6 Å². The smallest absolute Gasteiger partial charge is 0.342 e. The van der Waals surface area contributed by atoms with Crippen molar-refractivity contribution in [1.82, 2.24) is 10.3 Å². The van der Waals surface area contributed by atoms with Crippen LogP contribution in [0.5, 0.6) is 0 Å². The number of ether oxygens (including phenoxy) is 1. The monoisotopic (exact) mass is 375 g/mol. The minimum absolute atomic E-state index is 0.0777. The summed E-state index contributed by atoms with van der Waals surface area (Å²) in [5, 5.41) is 2.79. The van der Waals surface area contributed by atoms with Crippen molar-refractivity contribution in [2.45, 2.75) is 20.4 Å². The van der Waals surface area contributed by atoms with E-state index in [2.05, 4.69) is 10.3 Å². The van der Waals surface area contributed by atoms with Gasteiger partial charge in [0.05, 0.1) is 5.56 Å². The van der Waals surface area contributed by atoms with Crippen molar-refractivity contribution in [2.75, 3.05) is 25.6 Å². The molecule has 0 saturated heterocycles. The fourth-order valence-corrected chi connectivity index (χ4v) is 2.76. The Morgan fingerprint density at radius 2 is 1.85 bits per heavy atom. The topological polar surface area (TPSA) is 71.5 Å². The molecule has 0 fully saturated rings. The Hall–Kier alpha value is -2.60. The molecule has 2 aromatic rings. The quantitative estimate of drug-likeness (QED) is 0.621. The van der Waals surface area contributed by atoms with Crippen LogP contribution in [0, 0.1) is 13.8 Å². The van der Waals surface area contributed by atoms with Crippen molar-refractivity contribution in [3.05, 3.63) is 57.9 Å². The van der Waals surface area contributed by atoms with Crippen molar-refractivity contribution in [2.24, 2.45) is 0 Å². The van der Waals surface area contributed by atoms with E-state index in [9.17, 15) is 9.59 Å². The maximum Gasteiger partial charge on any atom is 0.342 e. The minimum Gasteiger partial charge on any atom is -0.452 e. The van der Waals surface area contributed by atoms with Crippen molar-refractivity contribution < 1.29 is 14.3 Å². The Bertz CT molecular complexity index is 781. The second-order valence-electron chi connectivity index (χ2n) is 6.16. The highest BCUT2D eigenvalue weighted by Crippen LogP contribution is 2.19. The number of rotatable bonds is 6. The molecule has 1 N–H and O–H groups in total. The normalized spacial score (nSPS) is 10.3. The summed E-state index contributed by atoms with van der Waals surface area (Å²) in [7, 11) is 3.92. The van der Waals surface area contributed by atoms with Crippen molar-refractivity contribution in [1.29, 1.82) is 0 Å². The molecule has 26 heavy (non-hydrogen) atoms. The van der Waals surface area contributed by atoms with E-state index in [-0.39, 0.29) is 23.2 Å². The fourth-order valence-electron chi connectivity index (χ4n) is 2.40.